The fraction of sp³-hybridized carbons (Fsp3) is 0.300. The van der Waals surface area contributed by atoms with Crippen molar-refractivity contribution >= 4 is 11.6 Å². The van der Waals surface area contributed by atoms with Gasteiger partial charge in [-0.25, -0.2) is 0 Å². The highest BCUT2D eigenvalue weighted by Gasteiger charge is 2.38. The molecule has 0 radical (unpaired) electrons. The zero-order valence-corrected chi connectivity index (χ0v) is 9.65. The number of carbonyl (C=O) groups is 1. The number of amides is 1. The fourth-order valence-corrected chi connectivity index (χ4v) is 1.52. The van der Waals surface area contributed by atoms with E-state index in [1.165, 1.54) is 0 Å². The van der Waals surface area contributed by atoms with Gasteiger partial charge in [-0.1, -0.05) is 0 Å². The highest BCUT2D eigenvalue weighted by atomic mass is 19.4. The second kappa shape index (κ2) is 5.12. The van der Waals surface area contributed by atoms with Crippen LogP contribution in [-0.4, -0.2) is 17.9 Å². The number of ether oxygens (including phenoxy) is 1. The van der Waals surface area contributed by atoms with E-state index in [4.69, 9.17) is 5.73 Å². The highest BCUT2D eigenvalue weighted by molar-refractivity contribution is 5.79. The average Bonchev–Trinajstić information content (AvgIpc) is 2.26. The Kier molecular flexibility index (Phi) is 3.98. The first-order chi connectivity index (χ1) is 8.66. The number of alkyl halides is 3. The van der Waals surface area contributed by atoms with Gasteiger partial charge in [0.05, 0.1) is 35.6 Å². The van der Waals surface area contributed by atoms with Crippen LogP contribution < -0.4 is 10.5 Å². The third-order valence-electron chi connectivity index (χ3n) is 2.29. The number of benzene rings is 1. The molecule has 0 aliphatic carbocycles. The number of hydrogen-bond acceptors (Lipinski definition) is 4. The van der Waals surface area contributed by atoms with Crippen LogP contribution in [0.5, 0.6) is 5.75 Å². The van der Waals surface area contributed by atoms with Crippen molar-refractivity contribution in [2.24, 2.45) is 5.73 Å². The third kappa shape index (κ3) is 3.33. The molecule has 0 heterocycles. The molecule has 0 aromatic heterocycles. The van der Waals surface area contributed by atoms with Gasteiger partial charge in [0.25, 0.3) is 5.69 Å². The van der Waals surface area contributed by atoms with E-state index in [-0.39, 0.29) is 5.75 Å². The summed E-state index contributed by atoms with van der Waals surface area (Å²) >= 11 is 0. The Labute approximate surface area is 105 Å². The molecule has 0 atom stereocenters. The molecule has 6 nitrogen and oxygen atoms in total. The summed E-state index contributed by atoms with van der Waals surface area (Å²) in [5.74, 6) is -1.42. The predicted molar refractivity (Wildman–Crippen MR) is 57.5 cm³/mol. The van der Waals surface area contributed by atoms with Gasteiger partial charge in [-0.3, -0.25) is 14.9 Å². The van der Waals surface area contributed by atoms with Crippen LogP contribution in [0.25, 0.3) is 0 Å². The molecule has 1 amide bonds. The minimum absolute atomic E-state index is 0.327. The maximum absolute atomic E-state index is 12.8. The monoisotopic (exact) mass is 278 g/mol. The number of halogens is 3. The second-order valence-electron chi connectivity index (χ2n) is 3.57. The fourth-order valence-electron chi connectivity index (χ4n) is 1.52. The van der Waals surface area contributed by atoms with Crippen LogP contribution in [0.3, 0.4) is 0 Å². The van der Waals surface area contributed by atoms with Crippen molar-refractivity contribution in [1.29, 1.82) is 0 Å². The number of nitrogens with zero attached hydrogens (tertiary/aromatic N) is 1. The highest BCUT2D eigenvalue weighted by Crippen LogP contribution is 2.39. The van der Waals surface area contributed by atoms with Crippen LogP contribution in [-0.2, 0) is 17.4 Å². The van der Waals surface area contributed by atoms with Crippen molar-refractivity contribution in [3.05, 3.63) is 33.4 Å². The van der Waals surface area contributed by atoms with Gasteiger partial charge in [0, 0.05) is 0 Å². The lowest BCUT2D eigenvalue weighted by atomic mass is 10.0. The van der Waals surface area contributed by atoms with E-state index in [1.807, 2.05) is 0 Å². The van der Waals surface area contributed by atoms with Gasteiger partial charge in [-0.05, 0) is 6.07 Å². The Morgan fingerprint density at radius 1 is 1.47 bits per heavy atom. The number of nitro benzene ring substituents is 1. The van der Waals surface area contributed by atoms with Gasteiger partial charge < -0.3 is 10.5 Å². The summed E-state index contributed by atoms with van der Waals surface area (Å²) in [6.45, 7) is 0. The molecule has 2 N–H and O–H groups in total. The van der Waals surface area contributed by atoms with E-state index in [2.05, 4.69) is 4.74 Å². The topological polar surface area (TPSA) is 95.5 Å². The molecule has 19 heavy (non-hydrogen) atoms. The van der Waals surface area contributed by atoms with E-state index in [1.54, 1.807) is 0 Å². The van der Waals surface area contributed by atoms with Crippen LogP contribution in [0.15, 0.2) is 12.1 Å². The predicted octanol–water partition coefficient (Wildman–Crippen LogP) is 1.65. The first kappa shape index (κ1) is 14.7. The normalized spacial score (nSPS) is 11.2. The third-order valence-corrected chi connectivity index (χ3v) is 2.29. The van der Waals surface area contributed by atoms with Crippen LogP contribution in [0.2, 0.25) is 0 Å². The van der Waals surface area contributed by atoms with E-state index in [0.29, 0.717) is 6.07 Å². The minimum atomic E-state index is -4.86. The summed E-state index contributed by atoms with van der Waals surface area (Å²) in [4.78, 5) is 20.5. The Balaban J connectivity index is 3.61. The SMILES string of the molecule is COc1cc([N+](=O)[O-])c(CC(N)=O)c(C(F)(F)F)c1. The van der Waals surface area contributed by atoms with Crippen molar-refractivity contribution < 1.29 is 27.6 Å². The Morgan fingerprint density at radius 3 is 2.42 bits per heavy atom. The molecule has 0 saturated heterocycles. The molecule has 0 unspecified atom stereocenters. The summed E-state index contributed by atoms with van der Waals surface area (Å²) in [6, 6.07) is 1.40. The molecular formula is C10H9F3N2O4. The molecule has 1 aromatic carbocycles. The van der Waals surface area contributed by atoms with E-state index in [0.717, 1.165) is 13.2 Å². The Morgan fingerprint density at radius 2 is 2.05 bits per heavy atom. The maximum Gasteiger partial charge on any atom is 0.417 e. The van der Waals surface area contributed by atoms with Gasteiger partial charge >= 0.3 is 6.18 Å². The number of nitro groups is 1. The van der Waals surface area contributed by atoms with Gasteiger partial charge in [-0.2, -0.15) is 13.2 Å². The van der Waals surface area contributed by atoms with E-state index in [9.17, 15) is 28.1 Å². The summed E-state index contributed by atoms with van der Waals surface area (Å²) in [6.07, 6.45) is -5.74. The molecular weight excluding hydrogens is 269 g/mol. The molecule has 0 saturated carbocycles. The average molecular weight is 278 g/mol. The standard InChI is InChI=1S/C10H9F3N2O4/c1-19-5-2-7(10(11,12)13)6(4-9(14)16)8(3-5)15(17)18/h2-3H,4H2,1H3,(H2,14,16). The first-order valence-electron chi connectivity index (χ1n) is 4.87. The summed E-state index contributed by atoms with van der Waals surface area (Å²) in [5, 5.41) is 10.8. The molecule has 0 spiro atoms. The quantitative estimate of drug-likeness (QED) is 0.669. The van der Waals surface area contributed by atoms with Crippen molar-refractivity contribution in [2.75, 3.05) is 7.11 Å². The Bertz CT molecular complexity index is 528. The number of methoxy groups -OCH3 is 1. The van der Waals surface area contributed by atoms with Gasteiger partial charge in [0.2, 0.25) is 5.91 Å². The first-order valence-corrected chi connectivity index (χ1v) is 4.87. The molecule has 0 bridgehead atoms. The second-order valence-corrected chi connectivity index (χ2v) is 3.57. The van der Waals surface area contributed by atoms with Gasteiger partial charge in [0.15, 0.2) is 0 Å². The number of primary amides is 1. The lowest BCUT2D eigenvalue weighted by Crippen LogP contribution is -2.19. The van der Waals surface area contributed by atoms with Crippen molar-refractivity contribution in [2.45, 2.75) is 12.6 Å². The molecule has 0 fully saturated rings. The van der Waals surface area contributed by atoms with Crippen LogP contribution >= 0.6 is 0 Å². The van der Waals surface area contributed by atoms with Crippen molar-refractivity contribution in [1.82, 2.24) is 0 Å². The molecule has 1 aromatic rings. The van der Waals surface area contributed by atoms with Crippen molar-refractivity contribution in [3.63, 3.8) is 0 Å². The summed E-state index contributed by atoms with van der Waals surface area (Å²) in [7, 11) is 1.08. The summed E-state index contributed by atoms with van der Waals surface area (Å²) in [5.41, 5.74) is 1.88. The van der Waals surface area contributed by atoms with Gasteiger partial charge in [-0.15, -0.1) is 0 Å². The van der Waals surface area contributed by atoms with E-state index < -0.39 is 40.2 Å². The largest absolute Gasteiger partial charge is 0.496 e. The number of carbonyl (C=O) groups excluding carboxylic acids is 1. The molecule has 104 valence electrons. The molecule has 1 rings (SSSR count). The van der Waals surface area contributed by atoms with Crippen molar-refractivity contribution in [3.8, 4) is 5.75 Å². The van der Waals surface area contributed by atoms with Crippen LogP contribution in [0.1, 0.15) is 11.1 Å². The number of hydrogen-bond donors (Lipinski definition) is 1. The Hall–Kier alpha value is -2.32. The minimum Gasteiger partial charge on any atom is -0.496 e. The van der Waals surface area contributed by atoms with Crippen LogP contribution in [0, 0.1) is 10.1 Å². The summed E-state index contributed by atoms with van der Waals surface area (Å²) < 4.78 is 43.1. The lowest BCUT2D eigenvalue weighted by molar-refractivity contribution is -0.385. The number of nitrogens with two attached hydrogens (primary N) is 1. The molecule has 0 aliphatic heterocycles. The zero-order chi connectivity index (χ0) is 14.8. The lowest BCUT2D eigenvalue weighted by Gasteiger charge is -2.13. The number of rotatable bonds is 4. The molecule has 9 heteroatoms. The van der Waals surface area contributed by atoms with Gasteiger partial charge in [0.1, 0.15) is 5.75 Å². The zero-order valence-electron chi connectivity index (χ0n) is 9.65. The molecule has 0 aliphatic rings. The smallest absolute Gasteiger partial charge is 0.417 e. The maximum atomic E-state index is 12.8. The van der Waals surface area contributed by atoms with E-state index >= 15 is 0 Å². The van der Waals surface area contributed by atoms with Crippen LogP contribution in [0.4, 0.5) is 18.9 Å².